The van der Waals surface area contributed by atoms with Crippen LogP contribution in [0.1, 0.15) is 39.5 Å². The molecule has 0 aromatic rings. The minimum absolute atomic E-state index is 0.410. The summed E-state index contributed by atoms with van der Waals surface area (Å²) in [4.78, 5) is 4.41. The third-order valence-electron chi connectivity index (χ3n) is 2.78. The first-order valence-electron chi connectivity index (χ1n) is 5.68. The van der Waals surface area contributed by atoms with Crippen LogP contribution in [0.4, 0.5) is 0 Å². The molecule has 0 saturated carbocycles. The van der Waals surface area contributed by atoms with Gasteiger partial charge in [-0.05, 0) is 19.3 Å². The lowest BCUT2D eigenvalue weighted by Gasteiger charge is -2.14. The number of rotatable bonds is 5. The molecule has 1 saturated heterocycles. The maximum absolute atomic E-state index is 5.76. The van der Waals surface area contributed by atoms with Gasteiger partial charge in [-0.3, -0.25) is 4.99 Å². The van der Waals surface area contributed by atoms with Gasteiger partial charge in [-0.15, -0.1) is 0 Å². The molecule has 2 N–H and O–H groups in total. The molecule has 0 radical (unpaired) electrons. The van der Waals surface area contributed by atoms with E-state index in [9.17, 15) is 0 Å². The van der Waals surface area contributed by atoms with E-state index in [1.54, 1.807) is 0 Å². The Hall–Kier alpha value is -0.570. The summed E-state index contributed by atoms with van der Waals surface area (Å²) in [6, 6.07) is 0. The molecule has 0 amide bonds. The molecule has 1 aliphatic heterocycles. The Morgan fingerprint density at radius 2 is 2.29 bits per heavy atom. The highest BCUT2D eigenvalue weighted by Gasteiger charge is 2.26. The summed E-state index contributed by atoms with van der Waals surface area (Å²) >= 11 is 0. The number of ether oxygens (including phenoxy) is 1. The van der Waals surface area contributed by atoms with Crippen molar-refractivity contribution in [3.63, 3.8) is 0 Å². The average molecular weight is 198 g/mol. The van der Waals surface area contributed by atoms with Gasteiger partial charge >= 0.3 is 0 Å². The van der Waals surface area contributed by atoms with E-state index in [1.807, 2.05) is 0 Å². The van der Waals surface area contributed by atoms with E-state index in [0.29, 0.717) is 12.0 Å². The van der Waals surface area contributed by atoms with Crippen molar-refractivity contribution in [2.75, 3.05) is 13.2 Å². The molecular formula is C11H22N2O. The van der Waals surface area contributed by atoms with E-state index >= 15 is 0 Å². The van der Waals surface area contributed by atoms with Crippen LogP contribution in [-0.2, 0) is 4.74 Å². The lowest BCUT2D eigenvalue weighted by Crippen LogP contribution is -2.20. The fraction of sp³-hybridized carbons (Fsp3) is 0.909. The number of hydrogen-bond donors (Lipinski definition) is 1. The monoisotopic (exact) mass is 198 g/mol. The van der Waals surface area contributed by atoms with Crippen LogP contribution in [0.25, 0.3) is 0 Å². The summed E-state index contributed by atoms with van der Waals surface area (Å²) in [5, 5.41) is 0. The molecule has 0 bridgehead atoms. The number of hydrogen-bond acceptors (Lipinski definition) is 2. The minimum atomic E-state index is 0.410. The maximum Gasteiger partial charge on any atom is 0.0937 e. The second-order valence-corrected chi connectivity index (χ2v) is 3.95. The van der Waals surface area contributed by atoms with Gasteiger partial charge in [-0.1, -0.05) is 13.8 Å². The Morgan fingerprint density at radius 1 is 1.50 bits per heavy atom. The average Bonchev–Trinajstić information content (AvgIpc) is 2.62. The number of amidine groups is 1. The van der Waals surface area contributed by atoms with Gasteiger partial charge in [0.25, 0.3) is 0 Å². The second kappa shape index (κ2) is 6.02. The summed E-state index contributed by atoms with van der Waals surface area (Å²) in [5.41, 5.74) is 5.76. The van der Waals surface area contributed by atoms with Gasteiger partial charge in [0.15, 0.2) is 0 Å². The fourth-order valence-corrected chi connectivity index (χ4v) is 1.92. The van der Waals surface area contributed by atoms with Gasteiger partial charge in [0.1, 0.15) is 0 Å². The van der Waals surface area contributed by atoms with E-state index in [1.165, 1.54) is 0 Å². The van der Waals surface area contributed by atoms with Crippen molar-refractivity contribution < 1.29 is 4.74 Å². The molecule has 2 atom stereocenters. The lowest BCUT2D eigenvalue weighted by molar-refractivity contribution is 0.0893. The summed E-state index contributed by atoms with van der Waals surface area (Å²) in [5.74, 6) is 1.39. The topological polar surface area (TPSA) is 47.6 Å². The molecule has 14 heavy (non-hydrogen) atoms. The number of aliphatic imine (C=N–C) groups is 1. The van der Waals surface area contributed by atoms with E-state index in [-0.39, 0.29) is 0 Å². The van der Waals surface area contributed by atoms with Gasteiger partial charge in [-0.25, -0.2) is 0 Å². The number of nitrogens with zero attached hydrogens (tertiary/aromatic N) is 1. The van der Waals surface area contributed by atoms with Crippen LogP contribution in [-0.4, -0.2) is 25.1 Å². The molecule has 1 aliphatic rings. The van der Waals surface area contributed by atoms with Crippen molar-refractivity contribution in [3.8, 4) is 0 Å². The Balaban J connectivity index is 2.32. The van der Waals surface area contributed by atoms with Crippen molar-refractivity contribution in [2.24, 2.45) is 16.6 Å². The van der Waals surface area contributed by atoms with Crippen LogP contribution in [0.5, 0.6) is 0 Å². The molecule has 1 rings (SSSR count). The zero-order valence-electron chi connectivity index (χ0n) is 9.33. The van der Waals surface area contributed by atoms with E-state index in [2.05, 4.69) is 18.8 Å². The first-order chi connectivity index (χ1) is 6.77. The van der Waals surface area contributed by atoms with Gasteiger partial charge in [0, 0.05) is 25.5 Å². The highest BCUT2D eigenvalue weighted by Crippen LogP contribution is 2.23. The second-order valence-electron chi connectivity index (χ2n) is 3.95. The van der Waals surface area contributed by atoms with Crippen LogP contribution < -0.4 is 5.73 Å². The first kappa shape index (κ1) is 11.5. The highest BCUT2D eigenvalue weighted by atomic mass is 16.5. The van der Waals surface area contributed by atoms with Gasteiger partial charge in [0.05, 0.1) is 11.9 Å². The molecule has 1 fully saturated rings. The quantitative estimate of drug-likeness (QED) is 0.542. The predicted octanol–water partition coefficient (Wildman–Crippen LogP) is 1.96. The molecule has 3 heteroatoms. The van der Waals surface area contributed by atoms with Crippen LogP contribution in [0.2, 0.25) is 0 Å². The molecule has 82 valence electrons. The van der Waals surface area contributed by atoms with Crippen LogP contribution in [0.3, 0.4) is 0 Å². The summed E-state index contributed by atoms with van der Waals surface area (Å²) in [6.45, 7) is 6.04. The fourth-order valence-electron chi connectivity index (χ4n) is 1.92. The standard InChI is InChI=1S/C11H22N2O/c1-3-5-11(12)13-8-9-6-7-14-10(9)4-2/h9-10H,3-8H2,1-2H3,(H2,12,13). The Kier molecular flexibility index (Phi) is 4.94. The normalized spacial score (nSPS) is 28.3. The molecule has 3 nitrogen and oxygen atoms in total. The zero-order chi connectivity index (χ0) is 10.4. The maximum atomic E-state index is 5.76. The smallest absolute Gasteiger partial charge is 0.0937 e. The largest absolute Gasteiger partial charge is 0.387 e. The molecule has 0 aromatic heterocycles. The minimum Gasteiger partial charge on any atom is -0.387 e. The lowest BCUT2D eigenvalue weighted by atomic mass is 10.00. The highest BCUT2D eigenvalue weighted by molar-refractivity contribution is 5.80. The van der Waals surface area contributed by atoms with Crippen LogP contribution in [0.15, 0.2) is 4.99 Å². The SMILES string of the molecule is CCCC(N)=NCC1CCOC1CC. The van der Waals surface area contributed by atoms with Gasteiger partial charge in [-0.2, -0.15) is 0 Å². The van der Waals surface area contributed by atoms with Gasteiger partial charge < -0.3 is 10.5 Å². The molecule has 1 heterocycles. The molecular weight excluding hydrogens is 176 g/mol. The first-order valence-corrected chi connectivity index (χ1v) is 5.68. The van der Waals surface area contributed by atoms with Crippen molar-refractivity contribution in [1.29, 1.82) is 0 Å². The molecule has 0 aliphatic carbocycles. The zero-order valence-corrected chi connectivity index (χ0v) is 9.33. The van der Waals surface area contributed by atoms with Gasteiger partial charge in [0.2, 0.25) is 0 Å². The summed E-state index contributed by atoms with van der Waals surface area (Å²) in [7, 11) is 0. The summed E-state index contributed by atoms with van der Waals surface area (Å²) in [6.07, 6.45) is 4.64. The third kappa shape index (κ3) is 3.29. The Labute approximate surface area is 86.7 Å². The van der Waals surface area contributed by atoms with Crippen LogP contribution in [0, 0.1) is 5.92 Å². The summed E-state index contributed by atoms with van der Waals surface area (Å²) < 4.78 is 5.60. The molecule has 0 aromatic carbocycles. The predicted molar refractivity (Wildman–Crippen MR) is 59.5 cm³/mol. The third-order valence-corrected chi connectivity index (χ3v) is 2.78. The van der Waals surface area contributed by atoms with E-state index in [4.69, 9.17) is 10.5 Å². The van der Waals surface area contributed by atoms with Crippen molar-refractivity contribution in [2.45, 2.75) is 45.6 Å². The van der Waals surface area contributed by atoms with Crippen LogP contribution >= 0.6 is 0 Å². The molecule has 0 spiro atoms. The Morgan fingerprint density at radius 3 is 2.93 bits per heavy atom. The van der Waals surface area contributed by atoms with Crippen molar-refractivity contribution in [3.05, 3.63) is 0 Å². The van der Waals surface area contributed by atoms with Crippen molar-refractivity contribution in [1.82, 2.24) is 0 Å². The van der Waals surface area contributed by atoms with E-state index < -0.39 is 0 Å². The van der Waals surface area contributed by atoms with Crippen molar-refractivity contribution >= 4 is 5.84 Å². The number of nitrogens with two attached hydrogens (primary N) is 1. The van der Waals surface area contributed by atoms with E-state index in [0.717, 1.165) is 44.7 Å². The molecule has 2 unspecified atom stereocenters. The Bertz CT molecular complexity index is 192.